The maximum Gasteiger partial charge on any atom is 0.0717 e. The first-order valence-electron chi connectivity index (χ1n) is 2.16. The summed E-state index contributed by atoms with van der Waals surface area (Å²) in [5, 5.41) is 15.4. The first kappa shape index (κ1) is 6.97. The third-order valence-corrected chi connectivity index (χ3v) is 0.748. The standard InChI is InChI=1S/C4H6N3O.Rf/c1-7-2-4(3-8)5-6-7;/h2,8H,1,3H2;/q-1;. The van der Waals surface area contributed by atoms with Crippen LogP contribution in [0.2, 0.25) is 0 Å². The summed E-state index contributed by atoms with van der Waals surface area (Å²) < 4.78 is 1.30. The van der Waals surface area contributed by atoms with E-state index in [0.717, 1.165) is 0 Å². The second kappa shape index (κ2) is 2.32. The van der Waals surface area contributed by atoms with E-state index in [1.54, 1.807) is 6.20 Å². The van der Waals surface area contributed by atoms with Crippen LogP contribution in [0.1, 0.15) is 5.69 Å². The molecule has 4 nitrogen and oxygen atoms in total. The minimum absolute atomic E-state index is 0. The zero-order valence-corrected chi connectivity index (χ0v) is 11.4. The van der Waals surface area contributed by atoms with Gasteiger partial charge < -0.3 is 9.79 Å². The van der Waals surface area contributed by atoms with Gasteiger partial charge in [0.25, 0.3) is 0 Å². The van der Waals surface area contributed by atoms with E-state index in [2.05, 4.69) is 17.4 Å². The summed E-state index contributed by atoms with van der Waals surface area (Å²) in [6.45, 7) is -0.0739. The van der Waals surface area contributed by atoms with E-state index in [-0.39, 0.29) is 6.61 Å². The molecular weight excluding hydrogens is 373 g/mol. The Morgan fingerprint density at radius 2 is 2.44 bits per heavy atom. The molecule has 0 radical (unpaired) electrons. The maximum absolute atomic E-state index is 8.41. The molecule has 1 N–H and O–H groups in total. The van der Waals surface area contributed by atoms with Crippen molar-refractivity contribution in [1.82, 2.24) is 15.0 Å². The van der Waals surface area contributed by atoms with Crippen molar-refractivity contribution in [2.24, 2.45) is 0 Å². The van der Waals surface area contributed by atoms with Gasteiger partial charge in [0, 0.05) is 5.69 Å². The number of hydrogen-bond donors (Lipinski definition) is 1. The fourth-order valence-corrected chi connectivity index (χ4v) is 0.411. The molecule has 1 aromatic heterocycles. The maximum atomic E-state index is 8.41. The summed E-state index contributed by atoms with van der Waals surface area (Å²) in [5.74, 6) is 0. The van der Waals surface area contributed by atoms with E-state index in [4.69, 9.17) is 5.11 Å². The molecule has 0 saturated carbocycles. The van der Waals surface area contributed by atoms with Crippen molar-refractivity contribution in [3.05, 3.63) is 18.9 Å². The average Bonchev–Trinajstić information content (AvgIpc) is 2.14. The molecule has 0 aliphatic carbocycles. The second-order valence-electron chi connectivity index (χ2n) is 1.41. The molecule has 5 heteroatoms. The molecular formula is C4H6N3ORf-. The van der Waals surface area contributed by atoms with E-state index in [9.17, 15) is 0 Å². The van der Waals surface area contributed by atoms with Gasteiger partial charge in [-0.3, -0.25) is 0 Å². The topological polar surface area (TPSA) is 50.9 Å². The van der Waals surface area contributed by atoms with E-state index < -0.39 is 0 Å². The molecule has 0 saturated heterocycles. The van der Waals surface area contributed by atoms with Gasteiger partial charge in [-0.2, -0.15) is 12.1 Å². The number of nitrogens with zero attached hydrogens (tertiary/aromatic N) is 3. The van der Waals surface area contributed by atoms with Crippen molar-refractivity contribution in [3.8, 4) is 0 Å². The quantitative estimate of drug-likeness (QED) is 0.664. The molecule has 0 aliphatic heterocycles. The van der Waals surface area contributed by atoms with Crippen LogP contribution in [-0.2, 0) is 6.61 Å². The van der Waals surface area contributed by atoms with Crippen molar-refractivity contribution < 1.29 is 5.11 Å². The third kappa shape index (κ3) is 1.17. The third-order valence-electron chi connectivity index (χ3n) is 0.748. The Balaban J connectivity index is 0.000000640. The summed E-state index contributed by atoms with van der Waals surface area (Å²) in [4.78, 5) is 0. The van der Waals surface area contributed by atoms with Crippen molar-refractivity contribution in [1.29, 1.82) is 0 Å². The van der Waals surface area contributed by atoms with Crippen molar-refractivity contribution in [2.45, 2.75) is 6.61 Å². The SMILES string of the molecule is [CH2-]n1cc(CO)nn1.[Rf]. The van der Waals surface area contributed by atoms with Gasteiger partial charge in [0.15, 0.2) is 0 Å². The first-order chi connectivity index (χ1) is 3.83. The van der Waals surface area contributed by atoms with Crippen molar-refractivity contribution in [2.75, 3.05) is 0 Å². The minimum atomic E-state index is -0.0739. The van der Waals surface area contributed by atoms with Crippen LogP contribution in [0.4, 0.5) is 0 Å². The Labute approximate surface area is 46.8 Å². The van der Waals surface area contributed by atoms with Gasteiger partial charge in [-0.25, -0.2) is 0 Å². The predicted octanol–water partition coefficient (Wildman–Crippen LogP) is -0.590. The Morgan fingerprint density at radius 1 is 1.78 bits per heavy atom. The minimum Gasteiger partial charge on any atom is -0.392 e. The summed E-state index contributed by atoms with van der Waals surface area (Å²) in [7, 11) is 3.42. The normalized spacial score (nSPS) is 8.56. The Bertz CT molecular complexity index is 176. The summed E-state index contributed by atoms with van der Waals surface area (Å²) in [6, 6.07) is 0. The number of hydrogen-bond acceptors (Lipinski definition) is 3. The van der Waals surface area contributed by atoms with Gasteiger partial charge in [0.05, 0.1) is 6.61 Å². The molecule has 0 amide bonds. The molecule has 1 heterocycles. The number of rotatable bonds is 1. The molecule has 0 aromatic carbocycles. The predicted molar refractivity (Wildman–Crippen MR) is 26.7 cm³/mol. The smallest absolute Gasteiger partial charge is 0.0717 e. The van der Waals surface area contributed by atoms with Crippen LogP contribution in [0.25, 0.3) is 0 Å². The zero-order valence-electron chi connectivity index (χ0n) is 4.99. The van der Waals surface area contributed by atoms with Gasteiger partial charge >= 0.3 is 0 Å². The molecule has 46 valence electrons. The van der Waals surface area contributed by atoms with E-state index in [1.165, 1.54) is 4.68 Å². The summed E-state index contributed by atoms with van der Waals surface area (Å²) in [5.41, 5.74) is 0.542. The van der Waals surface area contributed by atoms with Crippen LogP contribution in [0, 0.1) is 7.05 Å². The molecule has 0 spiro atoms. The zero-order chi connectivity index (χ0) is 5.98. The van der Waals surface area contributed by atoms with Crippen LogP contribution >= 0.6 is 0 Å². The van der Waals surface area contributed by atoms with Gasteiger partial charge in [-0.15, -0.1) is 0 Å². The van der Waals surface area contributed by atoms with Crippen LogP contribution in [0.15, 0.2) is 6.20 Å². The number of aliphatic hydroxyl groups excluding tert-OH is 1. The second-order valence-corrected chi connectivity index (χ2v) is 1.41. The van der Waals surface area contributed by atoms with E-state index in [1.807, 2.05) is 0 Å². The van der Waals surface area contributed by atoms with Gasteiger partial charge in [0.1, 0.15) is 0 Å². The van der Waals surface area contributed by atoms with Gasteiger partial charge in [-0.1, -0.05) is 11.4 Å². The molecule has 1 rings (SSSR count). The fraction of sp³-hybridized carbons (Fsp3) is 0.250. The van der Waals surface area contributed by atoms with Gasteiger partial charge in [-0.05, 0) is 0 Å². The number of aliphatic hydroxyl groups is 1. The van der Waals surface area contributed by atoms with Crippen LogP contribution in [-0.4, -0.2) is 20.1 Å². The number of aromatic nitrogens is 3. The van der Waals surface area contributed by atoms with Gasteiger partial charge in [0.2, 0.25) is 0 Å². The van der Waals surface area contributed by atoms with E-state index in [0.29, 0.717) is 5.69 Å². The Kier molecular flexibility index (Phi) is 1.80. The molecule has 0 unspecified atom stereocenters. The molecule has 0 bridgehead atoms. The summed E-state index contributed by atoms with van der Waals surface area (Å²) in [6.07, 6.45) is 1.56. The summed E-state index contributed by atoms with van der Waals surface area (Å²) >= 11 is 0. The van der Waals surface area contributed by atoms with E-state index >= 15 is 0 Å². The van der Waals surface area contributed by atoms with Crippen LogP contribution in [0.3, 0.4) is 0 Å². The Morgan fingerprint density at radius 3 is 2.67 bits per heavy atom. The molecule has 0 aliphatic rings. The fourth-order valence-electron chi connectivity index (χ4n) is 0.411. The first-order valence-corrected chi connectivity index (χ1v) is 2.16. The van der Waals surface area contributed by atoms with Crippen LogP contribution < -0.4 is 0 Å². The molecule has 9 heavy (non-hydrogen) atoms. The monoisotopic (exact) mass is 379 g/mol. The average molecular weight is 379 g/mol. The van der Waals surface area contributed by atoms with Crippen molar-refractivity contribution in [3.63, 3.8) is 0 Å². The largest absolute Gasteiger partial charge is 0.392 e. The molecule has 1 aromatic rings. The van der Waals surface area contributed by atoms with Crippen LogP contribution in [0.5, 0.6) is 0 Å². The molecule has 0 fully saturated rings. The van der Waals surface area contributed by atoms with Crippen molar-refractivity contribution >= 4 is 0 Å². The Hall–Kier alpha value is -2.03. The molecule has 0 atom stereocenters.